The Balaban J connectivity index is 1.49. The van der Waals surface area contributed by atoms with Crippen molar-refractivity contribution in [3.8, 4) is 0 Å². The van der Waals surface area contributed by atoms with E-state index in [2.05, 4.69) is 15.7 Å². The van der Waals surface area contributed by atoms with Crippen LogP contribution in [0.1, 0.15) is 61.5 Å². The van der Waals surface area contributed by atoms with Crippen molar-refractivity contribution in [2.45, 2.75) is 51.7 Å². The van der Waals surface area contributed by atoms with Crippen molar-refractivity contribution in [1.29, 1.82) is 0 Å². The van der Waals surface area contributed by atoms with Gasteiger partial charge >= 0.3 is 18.1 Å². The van der Waals surface area contributed by atoms with Gasteiger partial charge in [0, 0.05) is 24.7 Å². The molecule has 0 fully saturated rings. The third-order valence-corrected chi connectivity index (χ3v) is 7.79. The molecule has 42 heavy (non-hydrogen) atoms. The number of rotatable bonds is 5. The van der Waals surface area contributed by atoms with Crippen LogP contribution < -0.4 is 15.5 Å². The van der Waals surface area contributed by atoms with Crippen LogP contribution in [0.2, 0.25) is 0 Å². The maximum absolute atomic E-state index is 13.7. The fourth-order valence-corrected chi connectivity index (χ4v) is 5.29. The van der Waals surface area contributed by atoms with Gasteiger partial charge in [0.2, 0.25) is 5.91 Å². The molecular weight excluding hydrogens is 532 g/mol. The number of anilines is 1. The van der Waals surface area contributed by atoms with E-state index in [1.54, 1.807) is 24.9 Å². The van der Waals surface area contributed by atoms with Gasteiger partial charge in [-0.25, -0.2) is 19.3 Å². The Hall–Kier alpha value is -4.99. The van der Waals surface area contributed by atoms with Gasteiger partial charge in [-0.1, -0.05) is 66.7 Å². The largest absolute Gasteiger partial charge is 0.358 e. The number of hydrogen-bond acceptors (Lipinski definition) is 5. The zero-order chi connectivity index (χ0) is 30.0. The number of hydrogen-bond donors (Lipinski definition) is 2. The highest BCUT2D eigenvalue weighted by Crippen LogP contribution is 2.30. The molecular formula is C32H34N6O4. The summed E-state index contributed by atoms with van der Waals surface area (Å²) < 4.78 is 0. The van der Waals surface area contributed by atoms with Gasteiger partial charge in [-0.3, -0.25) is 4.79 Å². The summed E-state index contributed by atoms with van der Waals surface area (Å²) in [7, 11) is 1.74. The number of amides is 7. The smallest absolute Gasteiger partial charge is 0.331 e. The van der Waals surface area contributed by atoms with E-state index in [9.17, 15) is 19.2 Å². The second-order valence-electron chi connectivity index (χ2n) is 10.6. The van der Waals surface area contributed by atoms with E-state index in [1.165, 1.54) is 0 Å². The summed E-state index contributed by atoms with van der Waals surface area (Å²) in [4.78, 5) is 55.7. The molecule has 0 spiro atoms. The Kier molecular flexibility index (Phi) is 8.06. The summed E-state index contributed by atoms with van der Waals surface area (Å²) in [6.45, 7) is 5.34. The van der Waals surface area contributed by atoms with Gasteiger partial charge < -0.3 is 15.5 Å². The lowest BCUT2D eigenvalue weighted by atomic mass is 9.95. The number of aryl methyl sites for hydroxylation is 1. The molecule has 5 rings (SSSR count). The Morgan fingerprint density at radius 3 is 2.00 bits per heavy atom. The van der Waals surface area contributed by atoms with E-state index < -0.39 is 36.2 Å². The van der Waals surface area contributed by atoms with E-state index in [1.807, 2.05) is 86.6 Å². The highest BCUT2D eigenvalue weighted by molar-refractivity contribution is 6.14. The molecule has 2 heterocycles. The predicted molar refractivity (Wildman–Crippen MR) is 160 cm³/mol. The Labute approximate surface area is 245 Å². The first-order chi connectivity index (χ1) is 20.2. The average molecular weight is 567 g/mol. The Morgan fingerprint density at radius 2 is 1.40 bits per heavy atom. The molecule has 10 heteroatoms. The highest BCUT2D eigenvalue weighted by Gasteiger charge is 2.42. The first kappa shape index (κ1) is 28.5. The molecule has 0 radical (unpaired) electrons. The normalized spacial score (nSPS) is 18.1. The standard InChI is InChI=1S/C32H34N6O4/c1-20(23-11-7-5-8-12-23)33-30(40)37-22(3)29(26-15-17-27-25(19-26)16-18-28(39)36(27)4)35-38(32(37)42)31(41)34-21(2)24-13-9-6-10-14-24/h5-15,17,19-22H,16,18H2,1-4H3,(H,33,40)(H,34,41)/t20-,21-,22?/m1/s1. The minimum atomic E-state index is -0.856. The summed E-state index contributed by atoms with van der Waals surface area (Å²) in [6, 6.07) is 20.5. The zero-order valence-electron chi connectivity index (χ0n) is 24.1. The van der Waals surface area contributed by atoms with Gasteiger partial charge in [0.25, 0.3) is 0 Å². The molecule has 2 aliphatic rings. The van der Waals surface area contributed by atoms with Crippen molar-refractivity contribution >= 4 is 35.4 Å². The number of hydrazone groups is 1. The van der Waals surface area contributed by atoms with Gasteiger partial charge in [0.1, 0.15) is 0 Å². The maximum atomic E-state index is 13.7. The molecule has 3 aromatic rings. The van der Waals surface area contributed by atoms with Crippen LogP contribution in [0, 0.1) is 0 Å². The molecule has 3 atom stereocenters. The van der Waals surface area contributed by atoms with Crippen molar-refractivity contribution < 1.29 is 19.2 Å². The van der Waals surface area contributed by atoms with Crippen LogP contribution in [-0.2, 0) is 11.2 Å². The van der Waals surface area contributed by atoms with E-state index >= 15 is 0 Å². The van der Waals surface area contributed by atoms with E-state index in [0.717, 1.165) is 32.3 Å². The molecule has 0 aliphatic carbocycles. The second-order valence-corrected chi connectivity index (χ2v) is 10.6. The van der Waals surface area contributed by atoms with Gasteiger partial charge in [0.15, 0.2) is 0 Å². The molecule has 1 unspecified atom stereocenters. The van der Waals surface area contributed by atoms with Crippen LogP contribution in [0.15, 0.2) is 84.0 Å². The van der Waals surface area contributed by atoms with Gasteiger partial charge in [0.05, 0.1) is 23.8 Å². The molecule has 216 valence electrons. The number of carbonyl (C=O) groups excluding carboxylic acids is 4. The minimum absolute atomic E-state index is 0.0370. The van der Waals surface area contributed by atoms with Crippen molar-refractivity contribution in [3.05, 3.63) is 101 Å². The molecule has 3 aromatic carbocycles. The van der Waals surface area contributed by atoms with Gasteiger partial charge in [-0.05, 0) is 56.0 Å². The van der Waals surface area contributed by atoms with Gasteiger partial charge in [-0.15, -0.1) is 5.01 Å². The SMILES string of the molecule is CC1C(c2ccc3c(c2)CCC(=O)N3C)=NN(C(=O)N[C@H](C)c2ccccc2)C(=O)N1C(=O)N[C@H](C)c1ccccc1. The highest BCUT2D eigenvalue weighted by atomic mass is 16.2. The average Bonchev–Trinajstić information content (AvgIpc) is 2.99. The van der Waals surface area contributed by atoms with E-state index in [4.69, 9.17) is 0 Å². The molecule has 7 amide bonds. The quantitative estimate of drug-likeness (QED) is 0.432. The molecule has 2 aliphatic heterocycles. The van der Waals surface area contributed by atoms with Crippen LogP contribution in [0.5, 0.6) is 0 Å². The Morgan fingerprint density at radius 1 is 0.833 bits per heavy atom. The van der Waals surface area contributed by atoms with Crippen LogP contribution in [-0.4, -0.2) is 52.7 Å². The molecule has 0 aromatic heterocycles. The fraction of sp³-hybridized carbons (Fsp3) is 0.281. The van der Waals surface area contributed by atoms with Crippen molar-refractivity contribution in [3.63, 3.8) is 0 Å². The number of fused-ring (bicyclic) bond motifs is 1. The van der Waals surface area contributed by atoms with E-state index in [-0.39, 0.29) is 5.91 Å². The lowest BCUT2D eigenvalue weighted by molar-refractivity contribution is -0.118. The van der Waals surface area contributed by atoms with Crippen molar-refractivity contribution in [2.24, 2.45) is 5.10 Å². The number of carbonyl (C=O) groups is 4. The van der Waals surface area contributed by atoms with Crippen LogP contribution in [0.25, 0.3) is 0 Å². The van der Waals surface area contributed by atoms with Crippen LogP contribution in [0.3, 0.4) is 0 Å². The minimum Gasteiger partial charge on any atom is -0.331 e. The number of nitrogens with zero attached hydrogens (tertiary/aromatic N) is 4. The molecule has 0 saturated heterocycles. The number of urea groups is 3. The van der Waals surface area contributed by atoms with Crippen molar-refractivity contribution in [2.75, 3.05) is 11.9 Å². The lowest BCUT2D eigenvalue weighted by Gasteiger charge is -2.37. The number of benzene rings is 3. The van der Waals surface area contributed by atoms with Crippen LogP contribution in [0.4, 0.5) is 20.1 Å². The van der Waals surface area contributed by atoms with Crippen LogP contribution >= 0.6 is 0 Å². The summed E-state index contributed by atoms with van der Waals surface area (Å²) in [5.41, 5.74) is 4.50. The number of imide groups is 2. The third-order valence-electron chi connectivity index (χ3n) is 7.79. The summed E-state index contributed by atoms with van der Waals surface area (Å²) in [5, 5.41) is 10.9. The third kappa shape index (κ3) is 5.60. The summed E-state index contributed by atoms with van der Waals surface area (Å²) in [5.74, 6) is 0.0370. The molecule has 2 N–H and O–H groups in total. The summed E-state index contributed by atoms with van der Waals surface area (Å²) >= 11 is 0. The lowest BCUT2D eigenvalue weighted by Crippen LogP contribution is -2.61. The second kappa shape index (κ2) is 11.9. The molecule has 10 nitrogen and oxygen atoms in total. The monoisotopic (exact) mass is 566 g/mol. The topological polar surface area (TPSA) is 114 Å². The predicted octanol–water partition coefficient (Wildman–Crippen LogP) is 5.37. The van der Waals surface area contributed by atoms with Crippen molar-refractivity contribution in [1.82, 2.24) is 20.5 Å². The Bertz CT molecular complexity index is 1540. The number of nitrogens with one attached hydrogen (secondary N) is 2. The maximum Gasteiger partial charge on any atom is 0.358 e. The van der Waals surface area contributed by atoms with Gasteiger partial charge in [-0.2, -0.15) is 5.10 Å². The first-order valence-corrected chi connectivity index (χ1v) is 14.0. The zero-order valence-corrected chi connectivity index (χ0v) is 24.1. The first-order valence-electron chi connectivity index (χ1n) is 14.0. The summed E-state index contributed by atoms with van der Waals surface area (Å²) in [6.07, 6.45) is 0.940. The van der Waals surface area contributed by atoms with E-state index in [0.29, 0.717) is 24.1 Å². The molecule has 0 saturated carbocycles. The fourth-order valence-electron chi connectivity index (χ4n) is 5.29. The molecule has 0 bridgehead atoms.